The molecular weight excluding hydrogens is 143 g/mol. The third kappa shape index (κ3) is 11.2. The largest absolute Gasteiger partial charge is 1.00 e. The van der Waals surface area contributed by atoms with Crippen LogP contribution in [0.15, 0.2) is 0 Å². The summed E-state index contributed by atoms with van der Waals surface area (Å²) in [6, 6.07) is 0. The Labute approximate surface area is 71.4 Å². The van der Waals surface area contributed by atoms with Crippen molar-refractivity contribution in [3.05, 3.63) is 0 Å². The van der Waals surface area contributed by atoms with Crippen LogP contribution in [0, 0.1) is 0 Å². The van der Waals surface area contributed by atoms with Crippen molar-refractivity contribution in [3.63, 3.8) is 0 Å². The number of hydrogen-bond acceptors (Lipinski definition) is 3. The van der Waals surface area contributed by atoms with E-state index < -0.39 is 10.1 Å². The summed E-state index contributed by atoms with van der Waals surface area (Å²) in [7, 11) is -0.996. The van der Waals surface area contributed by atoms with Crippen LogP contribution < -0.4 is 29.6 Å². The fourth-order valence-corrected chi connectivity index (χ4v) is 0.866. The fraction of sp³-hybridized carbons (Fsp3) is 1.00. The van der Waals surface area contributed by atoms with Crippen LogP contribution in [-0.2, 0) is 10.1 Å². The SMILES string of the molecule is CCSS(=O)[O-].[Na+]. The molecule has 1 unspecified atom stereocenters. The van der Waals surface area contributed by atoms with E-state index in [0.717, 1.165) is 10.8 Å². The Morgan fingerprint density at radius 3 is 2.29 bits per heavy atom. The molecule has 0 saturated heterocycles. The molecular formula is C2H5NaO2S2. The minimum atomic E-state index is -1.90. The first kappa shape index (κ1) is 11.3. The predicted octanol–water partition coefficient (Wildman–Crippen LogP) is -2.46. The molecule has 0 aliphatic carbocycles. The second kappa shape index (κ2) is 7.46. The third-order valence-corrected chi connectivity index (χ3v) is 1.93. The zero-order valence-corrected chi connectivity index (χ0v) is 7.97. The van der Waals surface area contributed by atoms with Gasteiger partial charge in [-0.25, -0.2) is 0 Å². The van der Waals surface area contributed by atoms with Gasteiger partial charge < -0.3 is 4.55 Å². The van der Waals surface area contributed by atoms with E-state index in [1.165, 1.54) is 0 Å². The van der Waals surface area contributed by atoms with Crippen LogP contribution in [0.5, 0.6) is 0 Å². The van der Waals surface area contributed by atoms with Crippen LogP contribution in [0.25, 0.3) is 0 Å². The van der Waals surface area contributed by atoms with Crippen LogP contribution in [0.1, 0.15) is 6.92 Å². The molecule has 5 heteroatoms. The maximum absolute atomic E-state index is 9.56. The quantitative estimate of drug-likeness (QED) is 0.248. The molecule has 0 aromatic carbocycles. The molecule has 0 saturated carbocycles. The molecule has 0 heterocycles. The fourth-order valence-electron chi connectivity index (χ4n) is 0.0962. The van der Waals surface area contributed by atoms with E-state index in [1.807, 2.05) is 0 Å². The van der Waals surface area contributed by atoms with Crippen molar-refractivity contribution in [2.24, 2.45) is 0 Å². The van der Waals surface area contributed by atoms with E-state index >= 15 is 0 Å². The predicted molar refractivity (Wildman–Crippen MR) is 27.1 cm³/mol. The average Bonchev–Trinajstić information content (AvgIpc) is 1.35. The Morgan fingerprint density at radius 1 is 1.86 bits per heavy atom. The molecule has 0 bridgehead atoms. The van der Waals surface area contributed by atoms with E-state index in [-0.39, 0.29) is 29.6 Å². The van der Waals surface area contributed by atoms with Gasteiger partial charge in [-0.2, -0.15) is 0 Å². The average molecular weight is 148 g/mol. The van der Waals surface area contributed by atoms with Crippen LogP contribution in [0.3, 0.4) is 0 Å². The molecule has 0 fully saturated rings. The monoisotopic (exact) mass is 148 g/mol. The van der Waals surface area contributed by atoms with Crippen LogP contribution in [0.4, 0.5) is 0 Å². The summed E-state index contributed by atoms with van der Waals surface area (Å²) in [5.41, 5.74) is 0. The standard InChI is InChI=1S/C2H6O2S2.Na/c1-2-5-6(3)4;/h2H2,1H3,(H,3,4);/q;+1/p-1. The summed E-state index contributed by atoms with van der Waals surface area (Å²) < 4.78 is 19.1. The van der Waals surface area contributed by atoms with E-state index in [9.17, 15) is 8.76 Å². The van der Waals surface area contributed by atoms with Gasteiger partial charge in [0.15, 0.2) is 0 Å². The van der Waals surface area contributed by atoms with E-state index in [2.05, 4.69) is 0 Å². The molecule has 0 aromatic rings. The van der Waals surface area contributed by atoms with E-state index in [0.29, 0.717) is 5.75 Å². The van der Waals surface area contributed by atoms with Gasteiger partial charge >= 0.3 is 29.6 Å². The van der Waals surface area contributed by atoms with Crippen molar-refractivity contribution in [1.82, 2.24) is 0 Å². The minimum absolute atomic E-state index is 0. The van der Waals surface area contributed by atoms with Crippen LogP contribution in [0.2, 0.25) is 0 Å². The Kier molecular flexibility index (Phi) is 12.0. The molecule has 7 heavy (non-hydrogen) atoms. The Morgan fingerprint density at radius 2 is 2.29 bits per heavy atom. The number of hydrogen-bond donors (Lipinski definition) is 0. The summed E-state index contributed by atoms with van der Waals surface area (Å²) in [5, 5.41) is 0. The van der Waals surface area contributed by atoms with Crippen molar-refractivity contribution in [2.75, 3.05) is 5.75 Å². The first-order chi connectivity index (χ1) is 2.77. The van der Waals surface area contributed by atoms with Gasteiger partial charge in [-0.1, -0.05) is 17.7 Å². The molecule has 2 nitrogen and oxygen atoms in total. The maximum atomic E-state index is 9.56. The summed E-state index contributed by atoms with van der Waals surface area (Å²) in [4.78, 5) is 0. The molecule has 38 valence electrons. The maximum Gasteiger partial charge on any atom is 1.00 e. The van der Waals surface area contributed by atoms with Crippen molar-refractivity contribution < 1.29 is 38.3 Å². The Balaban J connectivity index is 0. The molecule has 0 spiro atoms. The Hall–Kier alpha value is 1.46. The minimum Gasteiger partial charge on any atom is -0.764 e. The van der Waals surface area contributed by atoms with Gasteiger partial charge in [-0.3, -0.25) is 4.21 Å². The normalized spacial score (nSPS) is 12.3. The summed E-state index contributed by atoms with van der Waals surface area (Å²) in [6.07, 6.45) is 0. The summed E-state index contributed by atoms with van der Waals surface area (Å²) >= 11 is 0. The van der Waals surface area contributed by atoms with Gasteiger partial charge in [0, 0.05) is 15.9 Å². The molecule has 0 N–H and O–H groups in total. The molecule has 1 atom stereocenters. The van der Waals surface area contributed by atoms with Crippen molar-refractivity contribution in [2.45, 2.75) is 6.92 Å². The second-order valence-corrected chi connectivity index (χ2v) is 3.36. The van der Waals surface area contributed by atoms with E-state index in [1.54, 1.807) is 6.92 Å². The smallest absolute Gasteiger partial charge is 0.764 e. The summed E-state index contributed by atoms with van der Waals surface area (Å²) in [6.45, 7) is 1.79. The number of rotatable bonds is 2. The van der Waals surface area contributed by atoms with Crippen LogP contribution >= 0.6 is 10.8 Å². The van der Waals surface area contributed by atoms with Gasteiger partial charge in [-0.05, 0) is 0 Å². The van der Waals surface area contributed by atoms with Gasteiger partial charge in [-0.15, -0.1) is 0 Å². The Bertz CT molecular complexity index is 57.7. The van der Waals surface area contributed by atoms with Crippen molar-refractivity contribution in [1.29, 1.82) is 0 Å². The molecule has 0 rings (SSSR count). The molecule has 0 aliphatic heterocycles. The molecule has 0 radical (unpaired) electrons. The molecule has 0 aromatic heterocycles. The topological polar surface area (TPSA) is 40.1 Å². The summed E-state index contributed by atoms with van der Waals surface area (Å²) in [5.74, 6) is 0.635. The zero-order chi connectivity index (χ0) is 4.99. The first-order valence-electron chi connectivity index (χ1n) is 1.50. The van der Waals surface area contributed by atoms with E-state index in [4.69, 9.17) is 0 Å². The van der Waals surface area contributed by atoms with Gasteiger partial charge in [0.25, 0.3) is 0 Å². The zero-order valence-electron chi connectivity index (χ0n) is 4.34. The van der Waals surface area contributed by atoms with Gasteiger partial charge in [0.05, 0.1) is 0 Å². The van der Waals surface area contributed by atoms with Crippen molar-refractivity contribution >= 4 is 20.9 Å². The first-order valence-corrected chi connectivity index (χ1v) is 4.07. The van der Waals surface area contributed by atoms with Crippen molar-refractivity contribution in [3.8, 4) is 0 Å². The molecule has 0 amide bonds. The molecule has 0 aliphatic rings. The third-order valence-electron chi connectivity index (χ3n) is 0.214. The van der Waals surface area contributed by atoms with Gasteiger partial charge in [0.2, 0.25) is 0 Å². The van der Waals surface area contributed by atoms with Crippen LogP contribution in [-0.4, -0.2) is 14.5 Å². The second-order valence-electron chi connectivity index (χ2n) is 0.611. The van der Waals surface area contributed by atoms with Gasteiger partial charge in [0.1, 0.15) is 0 Å².